The van der Waals surface area contributed by atoms with Gasteiger partial charge >= 0.3 is 0 Å². The third kappa shape index (κ3) is 3.52. The summed E-state index contributed by atoms with van der Waals surface area (Å²) in [6.45, 7) is 4.03. The highest BCUT2D eigenvalue weighted by Gasteiger charge is 2.44. The van der Waals surface area contributed by atoms with Crippen LogP contribution in [0.25, 0.3) is 0 Å². The van der Waals surface area contributed by atoms with Crippen LogP contribution in [0.3, 0.4) is 0 Å². The van der Waals surface area contributed by atoms with Crippen molar-refractivity contribution in [2.24, 2.45) is 0 Å². The van der Waals surface area contributed by atoms with Gasteiger partial charge in [-0.1, -0.05) is 0 Å². The maximum absolute atomic E-state index is 12.6. The summed E-state index contributed by atoms with van der Waals surface area (Å²) in [6.07, 6.45) is 2.86. The van der Waals surface area contributed by atoms with E-state index < -0.39 is 0 Å². The monoisotopic (exact) mass is 358 g/mol. The lowest BCUT2D eigenvalue weighted by Gasteiger charge is -2.39. The van der Waals surface area contributed by atoms with Crippen molar-refractivity contribution in [3.63, 3.8) is 0 Å². The molecule has 1 amide bonds. The molecule has 2 atom stereocenters. The first-order valence-corrected chi connectivity index (χ1v) is 9.60. The van der Waals surface area contributed by atoms with Gasteiger partial charge in [0.25, 0.3) is 5.91 Å². The zero-order chi connectivity index (χ0) is 17.3. The number of nitrogens with zero attached hydrogens (tertiary/aromatic N) is 3. The number of aromatic nitrogens is 2. The Morgan fingerprint density at radius 3 is 3.08 bits per heavy atom. The molecule has 7 heteroatoms. The van der Waals surface area contributed by atoms with Gasteiger partial charge in [0.2, 0.25) is 0 Å². The van der Waals surface area contributed by atoms with Crippen molar-refractivity contribution in [2.45, 2.75) is 37.8 Å². The van der Waals surface area contributed by atoms with Gasteiger partial charge in [-0.05, 0) is 43.3 Å². The SMILES string of the molecule is Cc1ccc(NC2COC3(CCCN(C(=O)c4ccsc4)C3)C2)nn1. The second kappa shape index (κ2) is 6.72. The molecule has 2 unspecified atom stereocenters. The van der Waals surface area contributed by atoms with E-state index in [-0.39, 0.29) is 17.6 Å². The Morgan fingerprint density at radius 1 is 1.40 bits per heavy atom. The van der Waals surface area contributed by atoms with Gasteiger partial charge in [-0.25, -0.2) is 0 Å². The molecule has 0 saturated carbocycles. The average molecular weight is 358 g/mol. The van der Waals surface area contributed by atoms with Crippen molar-refractivity contribution in [3.8, 4) is 0 Å². The van der Waals surface area contributed by atoms with Crippen LogP contribution in [0.1, 0.15) is 35.3 Å². The van der Waals surface area contributed by atoms with E-state index in [9.17, 15) is 4.79 Å². The molecule has 0 aromatic carbocycles. The topological polar surface area (TPSA) is 67.3 Å². The van der Waals surface area contributed by atoms with Gasteiger partial charge in [0.15, 0.2) is 0 Å². The van der Waals surface area contributed by atoms with Crippen molar-refractivity contribution < 1.29 is 9.53 Å². The summed E-state index contributed by atoms with van der Waals surface area (Å²) >= 11 is 1.56. The molecule has 2 aliphatic heterocycles. The van der Waals surface area contributed by atoms with E-state index in [1.165, 1.54) is 0 Å². The van der Waals surface area contributed by atoms with Crippen LogP contribution < -0.4 is 5.32 Å². The van der Waals surface area contributed by atoms with E-state index in [2.05, 4.69) is 15.5 Å². The highest BCUT2D eigenvalue weighted by atomic mass is 32.1. The third-order valence-electron chi connectivity index (χ3n) is 4.95. The number of carbonyl (C=O) groups is 1. The number of rotatable bonds is 3. The molecule has 25 heavy (non-hydrogen) atoms. The number of hydrogen-bond donors (Lipinski definition) is 1. The number of anilines is 1. The van der Waals surface area contributed by atoms with E-state index in [0.29, 0.717) is 13.2 Å². The highest BCUT2D eigenvalue weighted by molar-refractivity contribution is 7.08. The average Bonchev–Trinajstić information content (AvgIpc) is 3.27. The molecular formula is C18H22N4O2S. The largest absolute Gasteiger partial charge is 0.371 e. The van der Waals surface area contributed by atoms with Crippen LogP contribution in [0.4, 0.5) is 5.82 Å². The molecule has 2 aliphatic rings. The van der Waals surface area contributed by atoms with Gasteiger partial charge < -0.3 is 15.0 Å². The molecular weight excluding hydrogens is 336 g/mol. The fraction of sp³-hybridized carbons (Fsp3) is 0.500. The van der Waals surface area contributed by atoms with Crippen LogP contribution in [0.15, 0.2) is 29.0 Å². The molecule has 4 rings (SSSR count). The number of thiophene rings is 1. The Labute approximate surface area is 151 Å². The van der Waals surface area contributed by atoms with Crippen LogP contribution in [0.5, 0.6) is 0 Å². The maximum Gasteiger partial charge on any atom is 0.254 e. The summed E-state index contributed by atoms with van der Waals surface area (Å²) in [6, 6.07) is 5.99. The fourth-order valence-corrected chi connectivity index (χ4v) is 4.38. The van der Waals surface area contributed by atoms with Gasteiger partial charge in [0.1, 0.15) is 5.82 Å². The number of carbonyl (C=O) groups excluding carboxylic acids is 1. The summed E-state index contributed by atoms with van der Waals surface area (Å²) in [4.78, 5) is 14.6. The lowest BCUT2D eigenvalue weighted by atomic mass is 9.88. The summed E-state index contributed by atoms with van der Waals surface area (Å²) in [5.41, 5.74) is 1.45. The first kappa shape index (κ1) is 16.5. The zero-order valence-electron chi connectivity index (χ0n) is 14.3. The molecule has 0 aliphatic carbocycles. The number of amides is 1. The van der Waals surface area contributed by atoms with Gasteiger partial charge in [0, 0.05) is 18.3 Å². The first-order chi connectivity index (χ1) is 12.1. The summed E-state index contributed by atoms with van der Waals surface area (Å²) < 4.78 is 6.19. The fourth-order valence-electron chi connectivity index (χ4n) is 3.75. The molecule has 1 spiro atoms. The lowest BCUT2D eigenvalue weighted by molar-refractivity contribution is -0.0447. The van der Waals surface area contributed by atoms with Crippen molar-refractivity contribution in [1.82, 2.24) is 15.1 Å². The van der Waals surface area contributed by atoms with Gasteiger partial charge in [0.05, 0.1) is 36.1 Å². The van der Waals surface area contributed by atoms with E-state index in [4.69, 9.17) is 4.74 Å². The van der Waals surface area contributed by atoms with Crippen LogP contribution in [0.2, 0.25) is 0 Å². The highest BCUT2D eigenvalue weighted by Crippen LogP contribution is 2.36. The van der Waals surface area contributed by atoms with Gasteiger partial charge in [-0.15, -0.1) is 5.10 Å². The number of hydrogen-bond acceptors (Lipinski definition) is 6. The maximum atomic E-state index is 12.6. The molecule has 2 saturated heterocycles. The minimum Gasteiger partial charge on any atom is -0.371 e. The standard InChI is InChI=1S/C18H22N4O2S/c1-13-3-4-16(21-20-13)19-15-9-18(24-10-15)6-2-7-22(12-18)17(23)14-5-8-25-11-14/h3-5,8,11,15H,2,6-7,9-10,12H2,1H3,(H,19,21). The van der Waals surface area contributed by atoms with E-state index in [1.54, 1.807) is 11.3 Å². The lowest BCUT2D eigenvalue weighted by Crippen LogP contribution is -2.50. The second-order valence-electron chi connectivity index (χ2n) is 6.94. The number of aryl methyl sites for hydroxylation is 1. The van der Waals surface area contributed by atoms with Gasteiger partial charge in [-0.3, -0.25) is 4.79 Å². The predicted molar refractivity (Wildman–Crippen MR) is 96.9 cm³/mol. The summed E-state index contributed by atoms with van der Waals surface area (Å²) in [5.74, 6) is 0.892. The number of piperidine rings is 1. The predicted octanol–water partition coefficient (Wildman–Crippen LogP) is 2.72. The molecule has 1 N–H and O–H groups in total. The molecule has 0 bridgehead atoms. The van der Waals surface area contributed by atoms with Crippen LogP contribution in [-0.2, 0) is 4.74 Å². The molecule has 2 aromatic rings. The zero-order valence-corrected chi connectivity index (χ0v) is 15.1. The minimum atomic E-state index is -0.236. The Hall–Kier alpha value is -1.99. The second-order valence-corrected chi connectivity index (χ2v) is 7.72. The Balaban J connectivity index is 1.40. The molecule has 0 radical (unpaired) electrons. The third-order valence-corrected chi connectivity index (χ3v) is 5.64. The summed E-state index contributed by atoms with van der Waals surface area (Å²) in [5, 5.41) is 15.5. The Kier molecular flexibility index (Phi) is 4.43. The molecule has 2 fully saturated rings. The van der Waals surface area contributed by atoms with Crippen molar-refractivity contribution >= 4 is 23.1 Å². The number of likely N-dealkylation sites (tertiary alicyclic amines) is 1. The molecule has 4 heterocycles. The molecule has 6 nitrogen and oxygen atoms in total. The molecule has 132 valence electrons. The van der Waals surface area contributed by atoms with Crippen molar-refractivity contribution in [1.29, 1.82) is 0 Å². The van der Waals surface area contributed by atoms with Gasteiger partial charge in [-0.2, -0.15) is 16.4 Å². The van der Waals surface area contributed by atoms with E-state index in [1.807, 2.05) is 40.8 Å². The Bertz CT molecular complexity index is 734. The smallest absolute Gasteiger partial charge is 0.254 e. The summed E-state index contributed by atoms with van der Waals surface area (Å²) in [7, 11) is 0. The first-order valence-electron chi connectivity index (χ1n) is 8.66. The minimum absolute atomic E-state index is 0.115. The number of nitrogens with one attached hydrogen (secondary N) is 1. The Morgan fingerprint density at radius 2 is 2.32 bits per heavy atom. The molecule has 2 aromatic heterocycles. The van der Waals surface area contributed by atoms with Crippen LogP contribution in [0, 0.1) is 6.92 Å². The van der Waals surface area contributed by atoms with Crippen LogP contribution in [-0.4, -0.2) is 52.3 Å². The normalized spacial score (nSPS) is 26.1. The van der Waals surface area contributed by atoms with E-state index in [0.717, 1.165) is 42.9 Å². The number of ether oxygens (including phenoxy) is 1. The van der Waals surface area contributed by atoms with E-state index >= 15 is 0 Å². The van der Waals surface area contributed by atoms with Crippen molar-refractivity contribution in [2.75, 3.05) is 25.0 Å². The van der Waals surface area contributed by atoms with Crippen LogP contribution >= 0.6 is 11.3 Å². The quantitative estimate of drug-likeness (QED) is 0.914. The van der Waals surface area contributed by atoms with Crippen molar-refractivity contribution in [3.05, 3.63) is 40.2 Å².